The first kappa shape index (κ1) is 16.0. The van der Waals surface area contributed by atoms with Gasteiger partial charge in [-0.25, -0.2) is 4.79 Å². The van der Waals surface area contributed by atoms with Gasteiger partial charge in [0.05, 0.1) is 13.2 Å². The van der Waals surface area contributed by atoms with Crippen molar-refractivity contribution in [3.63, 3.8) is 0 Å². The smallest absolute Gasteiger partial charge is 0.339 e. The van der Waals surface area contributed by atoms with Gasteiger partial charge < -0.3 is 14.6 Å². The summed E-state index contributed by atoms with van der Waals surface area (Å²) < 4.78 is 11.1. The molecule has 1 N–H and O–H groups in total. The van der Waals surface area contributed by atoms with Crippen LogP contribution in [0.3, 0.4) is 0 Å². The van der Waals surface area contributed by atoms with Crippen LogP contribution in [0.2, 0.25) is 0 Å². The van der Waals surface area contributed by atoms with Crippen molar-refractivity contribution in [2.75, 3.05) is 13.2 Å². The van der Waals surface area contributed by atoms with E-state index >= 15 is 0 Å². The molecule has 0 heterocycles. The van der Waals surface area contributed by atoms with Crippen molar-refractivity contribution >= 4 is 5.97 Å². The Morgan fingerprint density at radius 3 is 2.36 bits per heavy atom. The molecule has 22 heavy (non-hydrogen) atoms. The number of carboxylic acids is 1. The number of hydrogen-bond acceptors (Lipinski definition) is 3. The molecule has 2 aromatic carbocycles. The van der Waals surface area contributed by atoms with E-state index in [9.17, 15) is 4.79 Å². The highest BCUT2D eigenvalue weighted by atomic mass is 16.5. The first-order valence-electron chi connectivity index (χ1n) is 7.34. The maximum absolute atomic E-state index is 11.0. The third kappa shape index (κ3) is 5.22. The monoisotopic (exact) mass is 300 g/mol. The van der Waals surface area contributed by atoms with E-state index in [1.165, 1.54) is 0 Å². The molecule has 0 saturated carbocycles. The summed E-state index contributed by atoms with van der Waals surface area (Å²) in [6.07, 6.45) is 1.70. The number of benzene rings is 2. The Bertz CT molecular complexity index is 581. The number of para-hydroxylation sites is 1. The van der Waals surface area contributed by atoms with Crippen molar-refractivity contribution in [2.45, 2.75) is 19.4 Å². The maximum Gasteiger partial charge on any atom is 0.339 e. The Hall–Kier alpha value is -2.33. The summed E-state index contributed by atoms with van der Waals surface area (Å²) in [6.45, 7) is 1.77. The van der Waals surface area contributed by atoms with Crippen LogP contribution in [0.15, 0.2) is 54.6 Å². The van der Waals surface area contributed by atoms with Crippen molar-refractivity contribution < 1.29 is 19.4 Å². The summed E-state index contributed by atoms with van der Waals surface area (Å²) >= 11 is 0. The molecule has 0 spiro atoms. The summed E-state index contributed by atoms with van der Waals surface area (Å²) in [6, 6.07) is 16.7. The quantitative estimate of drug-likeness (QED) is 0.716. The molecule has 2 rings (SSSR count). The van der Waals surface area contributed by atoms with Crippen molar-refractivity contribution in [3.8, 4) is 5.75 Å². The molecule has 0 saturated heterocycles. The largest absolute Gasteiger partial charge is 0.493 e. The van der Waals surface area contributed by atoms with E-state index in [4.69, 9.17) is 14.6 Å². The first-order chi connectivity index (χ1) is 10.8. The van der Waals surface area contributed by atoms with Crippen LogP contribution < -0.4 is 4.74 Å². The lowest BCUT2D eigenvalue weighted by atomic mass is 10.2. The Balaban J connectivity index is 1.61. The minimum atomic E-state index is -0.971. The van der Waals surface area contributed by atoms with Crippen LogP contribution >= 0.6 is 0 Å². The summed E-state index contributed by atoms with van der Waals surface area (Å²) in [5, 5.41) is 9.05. The second-order valence-electron chi connectivity index (χ2n) is 4.90. The second kappa shape index (κ2) is 8.85. The molecule has 0 bridgehead atoms. The van der Waals surface area contributed by atoms with Crippen LogP contribution in [-0.4, -0.2) is 24.3 Å². The maximum atomic E-state index is 11.0. The minimum Gasteiger partial charge on any atom is -0.493 e. The predicted molar refractivity (Wildman–Crippen MR) is 84.2 cm³/mol. The van der Waals surface area contributed by atoms with E-state index in [2.05, 4.69) is 0 Å². The van der Waals surface area contributed by atoms with Gasteiger partial charge in [0.25, 0.3) is 0 Å². The number of ether oxygens (including phenoxy) is 2. The normalized spacial score (nSPS) is 10.4. The number of carbonyl (C=O) groups is 1. The number of rotatable bonds is 9. The van der Waals surface area contributed by atoms with E-state index in [-0.39, 0.29) is 5.56 Å². The summed E-state index contributed by atoms with van der Waals surface area (Å²) in [4.78, 5) is 11.0. The van der Waals surface area contributed by atoms with Gasteiger partial charge in [0.2, 0.25) is 0 Å². The highest BCUT2D eigenvalue weighted by Gasteiger charge is 2.09. The zero-order chi connectivity index (χ0) is 15.6. The summed E-state index contributed by atoms with van der Waals surface area (Å²) in [5.74, 6) is -0.554. The standard InChI is InChI=1S/C18H20O4/c19-18(20)16-10-4-5-11-17(16)22-13-7-6-12-21-14-15-8-2-1-3-9-15/h1-5,8-11H,6-7,12-14H2,(H,19,20). The molecular weight excluding hydrogens is 280 g/mol. The van der Waals surface area contributed by atoms with Gasteiger partial charge in [0.15, 0.2) is 0 Å². The third-order valence-corrected chi connectivity index (χ3v) is 3.17. The average Bonchev–Trinajstić information content (AvgIpc) is 2.55. The SMILES string of the molecule is O=C(O)c1ccccc1OCCCCOCc1ccccc1. The molecule has 0 aromatic heterocycles. The van der Waals surface area contributed by atoms with Crippen molar-refractivity contribution in [1.82, 2.24) is 0 Å². The average molecular weight is 300 g/mol. The molecule has 0 aliphatic heterocycles. The Morgan fingerprint density at radius 2 is 1.59 bits per heavy atom. The van der Waals surface area contributed by atoms with Gasteiger partial charge in [0, 0.05) is 6.61 Å². The fraction of sp³-hybridized carbons (Fsp3) is 0.278. The molecule has 116 valence electrons. The molecular formula is C18H20O4. The minimum absolute atomic E-state index is 0.197. The molecule has 0 aliphatic rings. The fourth-order valence-corrected chi connectivity index (χ4v) is 2.02. The zero-order valence-corrected chi connectivity index (χ0v) is 12.4. The van der Waals surface area contributed by atoms with Crippen molar-refractivity contribution in [2.24, 2.45) is 0 Å². The van der Waals surface area contributed by atoms with E-state index in [1.807, 2.05) is 30.3 Å². The molecule has 0 aliphatic carbocycles. The Morgan fingerprint density at radius 1 is 0.909 bits per heavy atom. The number of carboxylic acid groups (broad SMARTS) is 1. The lowest BCUT2D eigenvalue weighted by Gasteiger charge is -2.09. The van der Waals surface area contributed by atoms with Crippen molar-refractivity contribution in [1.29, 1.82) is 0 Å². The van der Waals surface area contributed by atoms with Gasteiger partial charge in [-0.15, -0.1) is 0 Å². The van der Waals surface area contributed by atoms with Gasteiger partial charge in [0.1, 0.15) is 11.3 Å². The van der Waals surface area contributed by atoms with Crippen LogP contribution in [0.25, 0.3) is 0 Å². The van der Waals surface area contributed by atoms with Gasteiger partial charge in [-0.05, 0) is 30.5 Å². The lowest BCUT2D eigenvalue weighted by Crippen LogP contribution is -2.05. The van der Waals surface area contributed by atoms with Crippen LogP contribution in [0.5, 0.6) is 5.75 Å². The number of hydrogen-bond donors (Lipinski definition) is 1. The van der Waals surface area contributed by atoms with Gasteiger partial charge in [-0.1, -0.05) is 42.5 Å². The lowest BCUT2D eigenvalue weighted by molar-refractivity contribution is 0.0691. The van der Waals surface area contributed by atoms with E-state index < -0.39 is 5.97 Å². The van der Waals surface area contributed by atoms with Gasteiger partial charge in [-0.2, -0.15) is 0 Å². The Kier molecular flexibility index (Phi) is 6.45. The van der Waals surface area contributed by atoms with Crippen LogP contribution in [0.4, 0.5) is 0 Å². The van der Waals surface area contributed by atoms with Gasteiger partial charge in [-0.3, -0.25) is 0 Å². The second-order valence-corrected chi connectivity index (χ2v) is 4.90. The summed E-state index contributed by atoms with van der Waals surface area (Å²) in [5.41, 5.74) is 1.36. The molecule has 0 amide bonds. The highest BCUT2D eigenvalue weighted by Crippen LogP contribution is 2.18. The van der Waals surface area contributed by atoms with Gasteiger partial charge >= 0.3 is 5.97 Å². The third-order valence-electron chi connectivity index (χ3n) is 3.17. The number of aromatic carboxylic acids is 1. The van der Waals surface area contributed by atoms with E-state index in [0.29, 0.717) is 25.6 Å². The molecule has 0 atom stereocenters. The highest BCUT2D eigenvalue weighted by molar-refractivity contribution is 5.90. The Labute approximate surface area is 130 Å². The zero-order valence-electron chi connectivity index (χ0n) is 12.4. The number of unbranched alkanes of at least 4 members (excludes halogenated alkanes) is 1. The molecule has 0 radical (unpaired) electrons. The molecule has 2 aromatic rings. The molecule has 4 heteroatoms. The van der Waals surface area contributed by atoms with E-state index in [1.54, 1.807) is 24.3 Å². The van der Waals surface area contributed by atoms with Crippen LogP contribution in [0.1, 0.15) is 28.8 Å². The molecule has 4 nitrogen and oxygen atoms in total. The van der Waals surface area contributed by atoms with E-state index in [0.717, 1.165) is 18.4 Å². The van der Waals surface area contributed by atoms with Crippen LogP contribution in [-0.2, 0) is 11.3 Å². The predicted octanol–water partition coefficient (Wildman–Crippen LogP) is 3.76. The fourth-order valence-electron chi connectivity index (χ4n) is 2.02. The topological polar surface area (TPSA) is 55.8 Å². The summed E-state index contributed by atoms with van der Waals surface area (Å²) in [7, 11) is 0. The van der Waals surface area contributed by atoms with Crippen molar-refractivity contribution in [3.05, 3.63) is 65.7 Å². The van der Waals surface area contributed by atoms with Crippen LogP contribution in [0, 0.1) is 0 Å². The first-order valence-corrected chi connectivity index (χ1v) is 7.34. The molecule has 0 fully saturated rings. The molecule has 0 unspecified atom stereocenters.